The van der Waals surface area contributed by atoms with Crippen LogP contribution in [0.4, 0.5) is 0 Å². The summed E-state index contributed by atoms with van der Waals surface area (Å²) in [5, 5.41) is 8.36. The number of sulfonamides is 1. The summed E-state index contributed by atoms with van der Waals surface area (Å²) in [7, 11) is -3.43. The lowest BCUT2D eigenvalue weighted by Gasteiger charge is -2.03. The third-order valence-corrected chi connectivity index (χ3v) is 3.26. The van der Waals surface area contributed by atoms with Crippen molar-refractivity contribution in [3.8, 4) is 0 Å². The van der Waals surface area contributed by atoms with Gasteiger partial charge in [0.25, 0.3) is 0 Å². The predicted molar refractivity (Wildman–Crippen MR) is 56.2 cm³/mol. The molecular formula is C9H13NO5S. The fourth-order valence-electron chi connectivity index (χ4n) is 1.08. The number of aliphatic carboxylic acids is 1. The van der Waals surface area contributed by atoms with Crippen LogP contribution < -0.4 is 4.72 Å². The lowest BCUT2D eigenvalue weighted by atomic mass is 10.3. The molecule has 0 aliphatic heterocycles. The summed E-state index contributed by atoms with van der Waals surface area (Å²) in [6, 6.07) is 3.31. The Labute approximate surface area is 93.3 Å². The zero-order valence-electron chi connectivity index (χ0n) is 8.55. The molecule has 1 aromatic rings. The van der Waals surface area contributed by atoms with Gasteiger partial charge < -0.3 is 9.52 Å². The van der Waals surface area contributed by atoms with E-state index >= 15 is 0 Å². The molecule has 0 aromatic carbocycles. The molecular weight excluding hydrogens is 234 g/mol. The Hall–Kier alpha value is -1.34. The molecule has 1 aromatic heterocycles. The van der Waals surface area contributed by atoms with Gasteiger partial charge in [-0.3, -0.25) is 4.79 Å². The molecule has 0 bridgehead atoms. The van der Waals surface area contributed by atoms with Gasteiger partial charge in [-0.05, 0) is 18.6 Å². The maximum Gasteiger partial charge on any atom is 0.303 e. The lowest BCUT2D eigenvalue weighted by molar-refractivity contribution is -0.137. The molecule has 1 heterocycles. The Balaban J connectivity index is 2.31. The number of furan rings is 1. The van der Waals surface area contributed by atoms with Gasteiger partial charge in [-0.1, -0.05) is 0 Å². The van der Waals surface area contributed by atoms with Gasteiger partial charge in [-0.15, -0.1) is 0 Å². The third kappa shape index (κ3) is 4.94. The molecule has 1 rings (SSSR count). The van der Waals surface area contributed by atoms with Gasteiger partial charge in [0, 0.05) is 6.42 Å². The number of carbonyl (C=O) groups is 1. The van der Waals surface area contributed by atoms with E-state index in [1.54, 1.807) is 12.1 Å². The molecule has 0 unspecified atom stereocenters. The molecule has 6 nitrogen and oxygen atoms in total. The van der Waals surface area contributed by atoms with E-state index in [1.807, 2.05) is 0 Å². The van der Waals surface area contributed by atoms with Crippen LogP contribution >= 0.6 is 0 Å². The van der Waals surface area contributed by atoms with E-state index in [0.717, 1.165) is 0 Å². The maximum atomic E-state index is 11.4. The van der Waals surface area contributed by atoms with Crippen molar-refractivity contribution in [2.24, 2.45) is 0 Å². The van der Waals surface area contributed by atoms with Crippen molar-refractivity contribution in [2.45, 2.75) is 19.4 Å². The van der Waals surface area contributed by atoms with E-state index in [0.29, 0.717) is 5.76 Å². The Kier molecular flexibility index (Phi) is 4.51. The monoisotopic (exact) mass is 247 g/mol. The SMILES string of the molecule is O=C(O)CCCS(=O)(=O)NCc1ccco1. The molecule has 7 heteroatoms. The minimum Gasteiger partial charge on any atom is -0.481 e. The van der Waals surface area contributed by atoms with Gasteiger partial charge in [-0.25, -0.2) is 13.1 Å². The van der Waals surface area contributed by atoms with Crippen molar-refractivity contribution in [1.82, 2.24) is 4.72 Å². The first-order chi connectivity index (χ1) is 7.49. The second-order valence-electron chi connectivity index (χ2n) is 3.22. The van der Waals surface area contributed by atoms with Gasteiger partial charge >= 0.3 is 5.97 Å². The second-order valence-corrected chi connectivity index (χ2v) is 5.14. The summed E-state index contributed by atoms with van der Waals surface area (Å²) in [5.41, 5.74) is 0. The third-order valence-electron chi connectivity index (χ3n) is 1.85. The standard InChI is InChI=1S/C9H13NO5S/c11-9(12)4-2-6-16(13,14)10-7-8-3-1-5-15-8/h1,3,5,10H,2,4,6-7H2,(H,11,12). The zero-order chi connectivity index (χ0) is 12.0. The van der Waals surface area contributed by atoms with Crippen LogP contribution in [-0.4, -0.2) is 25.2 Å². The molecule has 0 atom stereocenters. The number of hydrogen-bond donors (Lipinski definition) is 2. The average molecular weight is 247 g/mol. The largest absolute Gasteiger partial charge is 0.481 e. The Morgan fingerprint density at radius 1 is 1.50 bits per heavy atom. The van der Waals surface area contributed by atoms with Crippen LogP contribution in [0.2, 0.25) is 0 Å². The van der Waals surface area contributed by atoms with Crippen molar-refractivity contribution in [3.05, 3.63) is 24.2 Å². The van der Waals surface area contributed by atoms with Gasteiger partial charge in [-0.2, -0.15) is 0 Å². The molecule has 16 heavy (non-hydrogen) atoms. The molecule has 0 spiro atoms. The predicted octanol–water partition coefficient (Wildman–Crippen LogP) is 0.564. The fourth-order valence-corrected chi connectivity index (χ4v) is 2.11. The van der Waals surface area contributed by atoms with Gasteiger partial charge in [0.05, 0.1) is 18.6 Å². The van der Waals surface area contributed by atoms with Crippen LogP contribution in [0.3, 0.4) is 0 Å². The summed E-state index contributed by atoms with van der Waals surface area (Å²) in [5.74, 6) is -0.678. The minimum absolute atomic E-state index is 0.0857. The smallest absolute Gasteiger partial charge is 0.303 e. The summed E-state index contributed by atoms with van der Waals surface area (Å²) in [6.07, 6.45) is 1.40. The Bertz CT molecular complexity index is 423. The molecule has 0 fully saturated rings. The normalized spacial score (nSPS) is 11.5. The van der Waals surface area contributed by atoms with Crippen molar-refractivity contribution < 1.29 is 22.7 Å². The van der Waals surface area contributed by atoms with Crippen LogP contribution in [0.25, 0.3) is 0 Å². The zero-order valence-corrected chi connectivity index (χ0v) is 9.37. The van der Waals surface area contributed by atoms with E-state index in [4.69, 9.17) is 9.52 Å². The molecule has 2 N–H and O–H groups in total. The molecule has 90 valence electrons. The molecule has 0 amide bonds. The quantitative estimate of drug-likeness (QED) is 0.734. The number of carboxylic acids is 1. The van der Waals surface area contributed by atoms with Crippen LogP contribution in [-0.2, 0) is 21.4 Å². The number of rotatable bonds is 7. The highest BCUT2D eigenvalue weighted by Crippen LogP contribution is 2.01. The molecule has 0 aliphatic carbocycles. The number of nitrogens with one attached hydrogen (secondary N) is 1. The molecule has 0 saturated carbocycles. The average Bonchev–Trinajstić information content (AvgIpc) is 2.66. The highest BCUT2D eigenvalue weighted by atomic mass is 32.2. The van der Waals surface area contributed by atoms with Crippen LogP contribution in [0, 0.1) is 0 Å². The van der Waals surface area contributed by atoms with E-state index in [1.165, 1.54) is 6.26 Å². The first-order valence-electron chi connectivity index (χ1n) is 4.71. The topological polar surface area (TPSA) is 96.6 Å². The minimum atomic E-state index is -3.43. The van der Waals surface area contributed by atoms with Crippen molar-refractivity contribution in [1.29, 1.82) is 0 Å². The first-order valence-corrected chi connectivity index (χ1v) is 6.36. The maximum absolute atomic E-state index is 11.4. The van der Waals surface area contributed by atoms with Gasteiger partial charge in [0.15, 0.2) is 0 Å². The number of carboxylic acid groups (broad SMARTS) is 1. The number of hydrogen-bond acceptors (Lipinski definition) is 4. The van der Waals surface area contributed by atoms with E-state index in [-0.39, 0.29) is 25.1 Å². The van der Waals surface area contributed by atoms with Crippen molar-refractivity contribution in [3.63, 3.8) is 0 Å². The van der Waals surface area contributed by atoms with E-state index in [9.17, 15) is 13.2 Å². The van der Waals surface area contributed by atoms with Gasteiger partial charge in [0.1, 0.15) is 5.76 Å². The van der Waals surface area contributed by atoms with Crippen LogP contribution in [0.5, 0.6) is 0 Å². The lowest BCUT2D eigenvalue weighted by Crippen LogP contribution is -2.26. The molecule has 0 aliphatic rings. The molecule has 0 saturated heterocycles. The Morgan fingerprint density at radius 3 is 2.81 bits per heavy atom. The Morgan fingerprint density at radius 2 is 2.25 bits per heavy atom. The van der Waals surface area contributed by atoms with E-state index in [2.05, 4.69) is 4.72 Å². The highest BCUT2D eigenvalue weighted by Gasteiger charge is 2.11. The molecule has 0 radical (unpaired) electrons. The summed E-state index contributed by atoms with van der Waals surface area (Å²) in [6.45, 7) is 0.0857. The van der Waals surface area contributed by atoms with Gasteiger partial charge in [0.2, 0.25) is 10.0 Å². The highest BCUT2D eigenvalue weighted by molar-refractivity contribution is 7.89. The summed E-state index contributed by atoms with van der Waals surface area (Å²) < 4.78 is 30.0. The summed E-state index contributed by atoms with van der Waals surface area (Å²) in [4.78, 5) is 10.2. The van der Waals surface area contributed by atoms with Crippen LogP contribution in [0.1, 0.15) is 18.6 Å². The second kappa shape index (κ2) is 5.66. The van der Waals surface area contributed by atoms with E-state index < -0.39 is 16.0 Å². The first kappa shape index (κ1) is 12.7. The fraction of sp³-hybridized carbons (Fsp3) is 0.444. The van der Waals surface area contributed by atoms with Crippen LogP contribution in [0.15, 0.2) is 22.8 Å². The summed E-state index contributed by atoms with van der Waals surface area (Å²) >= 11 is 0. The van der Waals surface area contributed by atoms with Crippen molar-refractivity contribution in [2.75, 3.05) is 5.75 Å². The van der Waals surface area contributed by atoms with Crippen molar-refractivity contribution >= 4 is 16.0 Å².